The number of aliphatic hydroxyl groups is 6. The molecule has 0 aromatic rings. The van der Waals surface area contributed by atoms with E-state index in [-0.39, 0.29) is 0 Å². The van der Waals surface area contributed by atoms with Gasteiger partial charge in [-0.3, -0.25) is 4.18 Å². The summed E-state index contributed by atoms with van der Waals surface area (Å²) in [6.45, 7) is -1.68. The molecule has 110 valence electrons. The van der Waals surface area contributed by atoms with Crippen LogP contribution in [0, 0.1) is 0 Å². The van der Waals surface area contributed by atoms with Gasteiger partial charge in [0.15, 0.2) is 0 Å². The fourth-order valence-electron chi connectivity index (χ4n) is 1.06. The molecule has 18 heavy (non-hydrogen) atoms. The molecule has 10 heteroatoms. The zero-order valence-corrected chi connectivity index (χ0v) is 10.4. The number of aliphatic hydroxyl groups excluding tert-OH is 6. The molecule has 0 aliphatic heterocycles. The highest BCUT2D eigenvalue weighted by molar-refractivity contribution is 7.85. The summed E-state index contributed by atoms with van der Waals surface area (Å²) in [5.74, 6) is 0. The molecule has 6 N–H and O–H groups in total. The first-order valence-electron chi connectivity index (χ1n) is 4.95. The van der Waals surface area contributed by atoms with Crippen molar-refractivity contribution in [2.45, 2.75) is 30.5 Å². The third kappa shape index (κ3) is 6.02. The Morgan fingerprint density at radius 3 is 1.78 bits per heavy atom. The van der Waals surface area contributed by atoms with Crippen molar-refractivity contribution in [2.75, 3.05) is 19.5 Å². The van der Waals surface area contributed by atoms with Crippen LogP contribution in [-0.2, 0) is 14.3 Å². The molecule has 0 saturated heterocycles. The van der Waals surface area contributed by atoms with Gasteiger partial charge in [0.25, 0.3) is 10.1 Å². The molecule has 9 nitrogen and oxygen atoms in total. The number of hydrogen-bond donors (Lipinski definition) is 6. The minimum Gasteiger partial charge on any atom is -0.394 e. The van der Waals surface area contributed by atoms with Gasteiger partial charge in [-0.1, -0.05) is 0 Å². The van der Waals surface area contributed by atoms with Crippen LogP contribution < -0.4 is 0 Å². The van der Waals surface area contributed by atoms with Crippen molar-refractivity contribution in [1.29, 1.82) is 0 Å². The summed E-state index contributed by atoms with van der Waals surface area (Å²) in [5, 5.41) is 54.8. The summed E-state index contributed by atoms with van der Waals surface area (Å²) in [5.41, 5.74) is 0. The van der Waals surface area contributed by atoms with E-state index in [2.05, 4.69) is 4.18 Å². The first-order valence-corrected chi connectivity index (χ1v) is 6.77. The molecule has 0 rings (SSSR count). The van der Waals surface area contributed by atoms with Crippen LogP contribution in [0.5, 0.6) is 0 Å². The highest BCUT2D eigenvalue weighted by Gasteiger charge is 2.34. The van der Waals surface area contributed by atoms with Crippen LogP contribution in [0.3, 0.4) is 0 Å². The lowest BCUT2D eigenvalue weighted by Crippen LogP contribution is -2.51. The lowest BCUT2D eigenvalue weighted by molar-refractivity contribution is -0.144. The van der Waals surface area contributed by atoms with Crippen molar-refractivity contribution < 1.29 is 43.2 Å². The smallest absolute Gasteiger partial charge is 0.264 e. The van der Waals surface area contributed by atoms with Crippen LogP contribution in [0.15, 0.2) is 0 Å². The second-order valence-electron chi connectivity index (χ2n) is 3.78. The van der Waals surface area contributed by atoms with Gasteiger partial charge in [0.1, 0.15) is 30.5 Å². The van der Waals surface area contributed by atoms with Gasteiger partial charge in [-0.25, -0.2) is 0 Å². The van der Waals surface area contributed by atoms with E-state index in [9.17, 15) is 28.8 Å². The first kappa shape index (κ1) is 17.7. The van der Waals surface area contributed by atoms with Gasteiger partial charge in [-0.15, -0.1) is 0 Å². The van der Waals surface area contributed by atoms with E-state index in [0.717, 1.165) is 6.26 Å². The topological polar surface area (TPSA) is 165 Å². The van der Waals surface area contributed by atoms with E-state index in [0.29, 0.717) is 0 Å². The summed E-state index contributed by atoms with van der Waals surface area (Å²) in [4.78, 5) is 0. The fraction of sp³-hybridized carbons (Fsp3) is 1.00. The van der Waals surface area contributed by atoms with E-state index in [1.807, 2.05) is 0 Å². The molecule has 0 heterocycles. The van der Waals surface area contributed by atoms with E-state index in [1.54, 1.807) is 0 Å². The van der Waals surface area contributed by atoms with Crippen LogP contribution in [0.4, 0.5) is 0 Å². The van der Waals surface area contributed by atoms with Crippen molar-refractivity contribution in [3.63, 3.8) is 0 Å². The molecule has 5 atom stereocenters. The van der Waals surface area contributed by atoms with Crippen molar-refractivity contribution >= 4 is 10.1 Å². The van der Waals surface area contributed by atoms with Gasteiger partial charge >= 0.3 is 0 Å². The Balaban J connectivity index is 4.40. The van der Waals surface area contributed by atoms with Crippen molar-refractivity contribution in [1.82, 2.24) is 0 Å². The van der Waals surface area contributed by atoms with Crippen LogP contribution in [0.2, 0.25) is 0 Å². The summed E-state index contributed by atoms with van der Waals surface area (Å²) >= 11 is 0. The quantitative estimate of drug-likeness (QED) is 0.243. The molecule has 0 saturated carbocycles. The van der Waals surface area contributed by atoms with E-state index < -0.39 is 53.9 Å². The number of rotatable bonds is 8. The van der Waals surface area contributed by atoms with Gasteiger partial charge in [0.2, 0.25) is 0 Å². The summed E-state index contributed by atoms with van der Waals surface area (Å²) in [6.07, 6.45) is -8.62. The zero-order chi connectivity index (χ0) is 14.5. The zero-order valence-electron chi connectivity index (χ0n) is 9.62. The van der Waals surface area contributed by atoms with E-state index in [4.69, 9.17) is 10.2 Å². The molecular formula is C8H18O9S. The van der Waals surface area contributed by atoms with Crippen LogP contribution >= 0.6 is 0 Å². The second kappa shape index (κ2) is 7.31. The van der Waals surface area contributed by atoms with Crippen molar-refractivity contribution in [2.24, 2.45) is 0 Å². The van der Waals surface area contributed by atoms with E-state index in [1.165, 1.54) is 0 Å². The molecule has 0 aromatic carbocycles. The third-order valence-corrected chi connectivity index (χ3v) is 2.69. The van der Waals surface area contributed by atoms with Gasteiger partial charge in [-0.05, 0) is 0 Å². The molecule has 0 unspecified atom stereocenters. The minimum atomic E-state index is -3.82. The standard InChI is InChI=1S/C8H18O9S/c1-18(15,16)17-3-5(11)7(13)8(14)6(12)4(10)2-9/h4-14H,2-3H2,1H3/t4-,5-,6-,7-,8+/m1/s1. The minimum absolute atomic E-state index is 0.729. The molecule has 0 amide bonds. The predicted octanol–water partition coefficient (Wildman–Crippen LogP) is -4.24. The molecule has 0 aromatic heterocycles. The normalized spacial score (nSPS) is 21.1. The Morgan fingerprint density at radius 2 is 1.39 bits per heavy atom. The summed E-state index contributed by atoms with van der Waals surface area (Å²) < 4.78 is 25.4. The molecule has 0 aliphatic carbocycles. The molecule has 0 radical (unpaired) electrons. The third-order valence-electron chi connectivity index (χ3n) is 2.13. The van der Waals surface area contributed by atoms with Crippen LogP contribution in [0.25, 0.3) is 0 Å². The van der Waals surface area contributed by atoms with Crippen LogP contribution in [-0.4, -0.2) is 89.0 Å². The van der Waals surface area contributed by atoms with Crippen molar-refractivity contribution in [3.05, 3.63) is 0 Å². The van der Waals surface area contributed by atoms with Gasteiger partial charge in [-0.2, -0.15) is 8.42 Å². The monoisotopic (exact) mass is 290 g/mol. The lowest BCUT2D eigenvalue weighted by Gasteiger charge is -2.28. The molecule has 0 bridgehead atoms. The summed E-state index contributed by atoms with van der Waals surface area (Å²) in [6, 6.07) is 0. The largest absolute Gasteiger partial charge is 0.394 e. The second-order valence-corrected chi connectivity index (χ2v) is 5.42. The Morgan fingerprint density at radius 1 is 0.944 bits per heavy atom. The Kier molecular flexibility index (Phi) is 7.17. The number of hydrogen-bond acceptors (Lipinski definition) is 9. The SMILES string of the molecule is CS(=O)(=O)OC[C@@H](O)[C@@H](O)[C@@H](O)[C@H](O)[C@H](O)CO. The predicted molar refractivity (Wildman–Crippen MR) is 57.9 cm³/mol. The van der Waals surface area contributed by atoms with Gasteiger partial charge in [0.05, 0.1) is 19.5 Å². The van der Waals surface area contributed by atoms with E-state index >= 15 is 0 Å². The van der Waals surface area contributed by atoms with Gasteiger partial charge in [0, 0.05) is 0 Å². The average molecular weight is 290 g/mol. The average Bonchev–Trinajstić information content (AvgIpc) is 2.31. The van der Waals surface area contributed by atoms with Crippen molar-refractivity contribution in [3.8, 4) is 0 Å². The fourth-order valence-corrected chi connectivity index (χ4v) is 1.44. The first-order chi connectivity index (χ1) is 8.10. The Hall–Kier alpha value is -0.330. The highest BCUT2D eigenvalue weighted by atomic mass is 32.2. The van der Waals surface area contributed by atoms with Crippen LogP contribution in [0.1, 0.15) is 0 Å². The Labute approximate surface area is 104 Å². The Bertz CT molecular complexity index is 329. The lowest BCUT2D eigenvalue weighted by atomic mass is 10.00. The maximum Gasteiger partial charge on any atom is 0.264 e. The molecular weight excluding hydrogens is 272 g/mol. The van der Waals surface area contributed by atoms with Gasteiger partial charge < -0.3 is 30.6 Å². The highest BCUT2D eigenvalue weighted by Crippen LogP contribution is 2.09. The maximum atomic E-state index is 10.6. The molecule has 0 fully saturated rings. The molecule has 0 spiro atoms. The summed E-state index contributed by atoms with van der Waals surface area (Å²) in [7, 11) is -3.82. The molecule has 0 aliphatic rings. The maximum absolute atomic E-state index is 10.6.